The first-order valence-corrected chi connectivity index (χ1v) is 13.7. The molecule has 0 spiro atoms. The third-order valence-electron chi connectivity index (χ3n) is 7.35. The van der Waals surface area contributed by atoms with E-state index in [9.17, 15) is 9.59 Å². The van der Waals surface area contributed by atoms with Crippen LogP contribution >= 0.6 is 22.9 Å². The Balaban J connectivity index is 1.04. The fraction of sp³-hybridized carbons (Fsp3) is 0.333. The first-order valence-electron chi connectivity index (χ1n) is 12.5. The van der Waals surface area contributed by atoms with Crippen molar-refractivity contribution in [2.24, 2.45) is 11.8 Å². The molecule has 11 heteroatoms. The highest BCUT2D eigenvalue weighted by atomic mass is 35.5. The maximum atomic E-state index is 13.0. The van der Waals surface area contributed by atoms with Gasteiger partial charge in [0.25, 0.3) is 5.19 Å². The Labute approximate surface area is 229 Å². The van der Waals surface area contributed by atoms with Crippen molar-refractivity contribution in [1.82, 2.24) is 24.6 Å². The Morgan fingerprint density at radius 2 is 1.89 bits per heavy atom. The summed E-state index contributed by atoms with van der Waals surface area (Å²) < 4.78 is 8.38. The lowest BCUT2D eigenvalue weighted by molar-refractivity contribution is -0.116. The van der Waals surface area contributed by atoms with E-state index in [1.807, 2.05) is 47.4 Å². The Morgan fingerprint density at radius 1 is 1.13 bits per heavy atom. The third-order valence-corrected chi connectivity index (χ3v) is 8.62. The lowest BCUT2D eigenvalue weighted by atomic mass is 10.0. The highest BCUT2D eigenvalue weighted by Gasteiger charge is 2.42. The molecule has 0 N–H and O–H groups in total. The molecule has 2 atom stereocenters. The number of rotatable bonds is 5. The van der Waals surface area contributed by atoms with Crippen LogP contribution < -0.4 is 9.64 Å². The molecule has 9 nitrogen and oxygen atoms in total. The van der Waals surface area contributed by atoms with Gasteiger partial charge in [-0.3, -0.25) is 9.69 Å². The topological polar surface area (TPSA) is 83.8 Å². The van der Waals surface area contributed by atoms with E-state index >= 15 is 0 Å². The third kappa shape index (κ3) is 4.87. The molecule has 2 fully saturated rings. The summed E-state index contributed by atoms with van der Waals surface area (Å²) in [5.74, 6) is 1.38. The number of hydrogen-bond acceptors (Lipinski definition) is 7. The van der Waals surface area contributed by atoms with E-state index in [4.69, 9.17) is 16.3 Å². The Kier molecular flexibility index (Phi) is 6.55. The molecule has 2 aliphatic heterocycles. The number of aromatic nitrogens is 3. The van der Waals surface area contributed by atoms with E-state index in [-0.39, 0.29) is 11.9 Å². The van der Waals surface area contributed by atoms with Crippen molar-refractivity contribution in [1.29, 1.82) is 0 Å². The number of amides is 2. The minimum atomic E-state index is -0.152. The number of halogens is 1. The van der Waals surface area contributed by atoms with Gasteiger partial charge in [0, 0.05) is 51.7 Å². The van der Waals surface area contributed by atoms with Crippen LogP contribution in [0.15, 0.2) is 54.9 Å². The molecule has 2 saturated heterocycles. The van der Waals surface area contributed by atoms with Gasteiger partial charge >= 0.3 is 6.03 Å². The van der Waals surface area contributed by atoms with Crippen LogP contribution in [0.3, 0.4) is 0 Å². The molecule has 2 aromatic carbocycles. The van der Waals surface area contributed by atoms with E-state index in [1.54, 1.807) is 13.2 Å². The number of nitrogens with zero attached hydrogens (tertiary/aromatic N) is 6. The Morgan fingerprint density at radius 3 is 2.61 bits per heavy atom. The fourth-order valence-corrected chi connectivity index (χ4v) is 6.31. The summed E-state index contributed by atoms with van der Waals surface area (Å²) in [6.07, 6.45) is 3.15. The molecule has 2 unspecified atom stereocenters. The molecule has 196 valence electrons. The minimum absolute atomic E-state index is 0.108. The molecule has 38 heavy (non-hydrogen) atoms. The minimum Gasteiger partial charge on any atom is -0.431 e. The number of likely N-dealkylation sites (tertiary alicyclic amines) is 2. The van der Waals surface area contributed by atoms with E-state index in [0.717, 1.165) is 35.4 Å². The molecule has 2 amide bonds. The van der Waals surface area contributed by atoms with Crippen LogP contribution in [0.25, 0.3) is 10.2 Å². The highest BCUT2D eigenvalue weighted by molar-refractivity contribution is 7.20. The predicted octanol–water partition coefficient (Wildman–Crippen LogP) is 4.95. The molecule has 4 aromatic rings. The molecule has 0 saturated carbocycles. The highest BCUT2D eigenvalue weighted by Crippen LogP contribution is 2.35. The van der Waals surface area contributed by atoms with E-state index < -0.39 is 0 Å². The van der Waals surface area contributed by atoms with Crippen molar-refractivity contribution in [2.45, 2.75) is 13.5 Å². The summed E-state index contributed by atoms with van der Waals surface area (Å²) in [4.78, 5) is 34.8. The van der Waals surface area contributed by atoms with Crippen molar-refractivity contribution in [3.8, 4) is 10.9 Å². The molecule has 2 aliphatic rings. The number of fused-ring (bicyclic) bond motifs is 2. The van der Waals surface area contributed by atoms with Gasteiger partial charge in [0.05, 0.1) is 28.3 Å². The number of ether oxygens (including phenoxy) is 1. The smallest absolute Gasteiger partial charge is 0.344 e. The molecule has 0 radical (unpaired) electrons. The lowest BCUT2D eigenvalue weighted by Crippen LogP contribution is -2.36. The van der Waals surface area contributed by atoms with Crippen LogP contribution in [0.5, 0.6) is 10.9 Å². The first-order chi connectivity index (χ1) is 18.3. The van der Waals surface area contributed by atoms with E-state index in [1.165, 1.54) is 34.0 Å². The number of anilines is 1. The SMILES string of the molecule is CC(=O)N(C)c1cnn(C(=O)N2CC3CN(Cc4ccc(Oc5nc6ccccc6s5)cc4Cl)CC3C2)c1. The number of thiazole rings is 1. The number of carbonyl (C=O) groups excluding carboxylic acids is 2. The Bertz CT molecular complexity index is 1470. The normalized spacial score (nSPS) is 19.2. The predicted molar refractivity (Wildman–Crippen MR) is 147 cm³/mol. The Hall–Kier alpha value is -3.47. The average molecular weight is 551 g/mol. The van der Waals surface area contributed by atoms with Crippen LogP contribution in [-0.2, 0) is 11.3 Å². The summed E-state index contributed by atoms with van der Waals surface area (Å²) >= 11 is 8.15. The summed E-state index contributed by atoms with van der Waals surface area (Å²) in [6.45, 7) is 5.44. The van der Waals surface area contributed by atoms with Gasteiger partial charge in [-0.1, -0.05) is 41.1 Å². The lowest BCUT2D eigenvalue weighted by Gasteiger charge is -2.22. The number of hydrogen-bond donors (Lipinski definition) is 0. The number of benzene rings is 2. The van der Waals surface area contributed by atoms with Gasteiger partial charge in [-0.15, -0.1) is 0 Å². The summed E-state index contributed by atoms with van der Waals surface area (Å²) in [5, 5.41) is 5.44. The zero-order valence-electron chi connectivity index (χ0n) is 21.1. The zero-order valence-corrected chi connectivity index (χ0v) is 22.7. The van der Waals surface area contributed by atoms with Crippen molar-refractivity contribution >= 4 is 50.8 Å². The maximum absolute atomic E-state index is 13.0. The van der Waals surface area contributed by atoms with Crippen molar-refractivity contribution in [2.75, 3.05) is 38.1 Å². The number of carbonyl (C=O) groups is 2. The molecular weight excluding hydrogens is 524 g/mol. The summed E-state index contributed by atoms with van der Waals surface area (Å²) in [5.41, 5.74) is 2.57. The van der Waals surface area contributed by atoms with Crippen molar-refractivity contribution in [3.05, 3.63) is 65.4 Å². The molecule has 4 heterocycles. The monoisotopic (exact) mass is 550 g/mol. The van der Waals surface area contributed by atoms with Gasteiger partial charge in [-0.2, -0.15) is 9.78 Å². The van der Waals surface area contributed by atoms with Gasteiger partial charge in [-0.05, 0) is 41.7 Å². The van der Waals surface area contributed by atoms with Gasteiger partial charge in [0.2, 0.25) is 5.91 Å². The van der Waals surface area contributed by atoms with Crippen LogP contribution in [0, 0.1) is 11.8 Å². The van der Waals surface area contributed by atoms with Crippen molar-refractivity contribution in [3.63, 3.8) is 0 Å². The van der Waals surface area contributed by atoms with Crippen LogP contribution in [-0.4, -0.2) is 69.7 Å². The molecular formula is C27H27ClN6O3S. The van der Waals surface area contributed by atoms with E-state index in [2.05, 4.69) is 15.0 Å². The first kappa shape index (κ1) is 24.8. The molecule has 0 aliphatic carbocycles. The second-order valence-corrected chi connectivity index (χ2v) is 11.3. The van der Waals surface area contributed by atoms with Gasteiger partial charge in [-0.25, -0.2) is 9.78 Å². The summed E-state index contributed by atoms with van der Waals surface area (Å²) in [7, 11) is 1.67. The fourth-order valence-electron chi connectivity index (χ4n) is 5.25. The second-order valence-electron chi connectivity index (χ2n) is 9.93. The standard InChI is InChI=1S/C27H27ClN6O3S/c1-17(35)31(2)21-10-29-34(16-21)27(36)33-14-19-12-32(13-20(19)15-33)11-18-7-8-22(9-23(18)28)37-26-30-24-5-3-4-6-25(24)38-26/h3-10,16,19-20H,11-15H2,1-2H3. The largest absolute Gasteiger partial charge is 0.431 e. The van der Waals surface area contributed by atoms with Gasteiger partial charge in [0.15, 0.2) is 0 Å². The molecule has 0 bridgehead atoms. The van der Waals surface area contributed by atoms with Crippen LogP contribution in [0.4, 0.5) is 10.5 Å². The van der Waals surface area contributed by atoms with E-state index in [0.29, 0.717) is 46.6 Å². The quantitative estimate of drug-likeness (QED) is 0.349. The van der Waals surface area contributed by atoms with Crippen molar-refractivity contribution < 1.29 is 14.3 Å². The summed E-state index contributed by atoms with van der Waals surface area (Å²) in [6, 6.07) is 13.6. The van der Waals surface area contributed by atoms with Crippen LogP contribution in [0.1, 0.15) is 12.5 Å². The zero-order chi connectivity index (χ0) is 26.4. The average Bonchev–Trinajstić information content (AvgIpc) is 3.67. The number of para-hydroxylation sites is 1. The van der Waals surface area contributed by atoms with Gasteiger partial charge < -0.3 is 14.5 Å². The maximum Gasteiger partial charge on any atom is 0.344 e. The molecule has 2 aromatic heterocycles. The van der Waals surface area contributed by atoms with Crippen LogP contribution in [0.2, 0.25) is 5.02 Å². The van der Waals surface area contributed by atoms with Gasteiger partial charge in [0.1, 0.15) is 5.75 Å². The molecule has 6 rings (SSSR count). The second kappa shape index (κ2) is 10.0.